The molecule has 2 amide bonds. The topological polar surface area (TPSA) is 61.4 Å². The lowest BCUT2D eigenvalue weighted by Gasteiger charge is -2.32. The van der Waals surface area contributed by atoms with Gasteiger partial charge in [-0.3, -0.25) is 9.59 Å². The Balaban J connectivity index is 1.22. The monoisotopic (exact) mass is 627 g/mol. The largest absolute Gasteiger partial charge is 0.416 e. The zero-order chi connectivity index (χ0) is 30.5. The van der Waals surface area contributed by atoms with Gasteiger partial charge in [-0.2, -0.15) is 13.2 Å². The second kappa shape index (κ2) is 16.7. The molecular weight excluding hydrogens is 593 g/mol. The molecule has 1 heterocycles. The number of halogens is 6. The number of alkyl halides is 3. The Hall–Kier alpha value is -2.88. The summed E-state index contributed by atoms with van der Waals surface area (Å²) in [6.45, 7) is 4.05. The first-order chi connectivity index (χ1) is 20.0. The van der Waals surface area contributed by atoms with Crippen LogP contribution >= 0.6 is 23.2 Å². The van der Waals surface area contributed by atoms with Crippen molar-refractivity contribution in [2.24, 2.45) is 5.92 Å². The Kier molecular flexibility index (Phi) is 13.4. The molecule has 0 spiro atoms. The SMILES string of the molecule is O=C(/C=C/c1ccc(Cl)c(Cl)c1)NCCCCCN1CCC(CCNC(=O)/C=C/c2cc(C(F)(F)F)ccc2F)CC1. The molecule has 1 aliphatic rings. The number of nitrogens with one attached hydrogen (secondary N) is 2. The standard InChI is InChI=1S/C31H35Cl2F4N3O2/c32-26-8-4-23(20-27(26)33)5-10-29(41)38-15-2-1-3-17-40-18-13-22(14-19-40)12-16-39-30(42)11-6-24-21-25(31(35,36)37)7-9-28(24)34/h4-11,20-22H,1-3,12-19H2,(H,38,41)(H,39,42)/b10-5+,11-6+. The molecular formula is C31H35Cl2F4N3O2. The molecule has 1 aliphatic heterocycles. The van der Waals surface area contributed by atoms with Crippen molar-refractivity contribution in [3.8, 4) is 0 Å². The van der Waals surface area contributed by atoms with Crippen molar-refractivity contribution < 1.29 is 27.2 Å². The maximum atomic E-state index is 13.8. The number of carbonyl (C=O) groups excluding carboxylic acids is 2. The molecule has 3 rings (SSSR count). The number of hydrogen-bond acceptors (Lipinski definition) is 3. The number of benzene rings is 2. The van der Waals surface area contributed by atoms with Crippen LogP contribution in [0.1, 0.15) is 55.2 Å². The maximum Gasteiger partial charge on any atom is 0.416 e. The van der Waals surface area contributed by atoms with Crippen LogP contribution < -0.4 is 10.6 Å². The van der Waals surface area contributed by atoms with E-state index < -0.39 is 23.5 Å². The molecule has 2 aromatic rings. The zero-order valence-corrected chi connectivity index (χ0v) is 24.7. The van der Waals surface area contributed by atoms with Crippen molar-refractivity contribution in [3.05, 3.63) is 81.1 Å². The van der Waals surface area contributed by atoms with Gasteiger partial charge in [-0.25, -0.2) is 4.39 Å². The summed E-state index contributed by atoms with van der Waals surface area (Å²) in [6.07, 6.45) is 6.54. The lowest BCUT2D eigenvalue weighted by molar-refractivity contribution is -0.137. The van der Waals surface area contributed by atoms with Crippen LogP contribution in [0.3, 0.4) is 0 Å². The third-order valence-electron chi connectivity index (χ3n) is 7.12. The van der Waals surface area contributed by atoms with Crippen molar-refractivity contribution in [2.75, 3.05) is 32.7 Å². The van der Waals surface area contributed by atoms with Gasteiger partial charge in [-0.15, -0.1) is 0 Å². The molecule has 1 fully saturated rings. The minimum absolute atomic E-state index is 0.153. The summed E-state index contributed by atoms with van der Waals surface area (Å²) in [4.78, 5) is 26.5. The van der Waals surface area contributed by atoms with E-state index in [4.69, 9.17) is 23.2 Å². The van der Waals surface area contributed by atoms with Crippen LogP contribution in [0.5, 0.6) is 0 Å². The Morgan fingerprint density at radius 2 is 1.57 bits per heavy atom. The first-order valence-corrected chi connectivity index (χ1v) is 14.7. The van der Waals surface area contributed by atoms with Crippen LogP contribution in [-0.2, 0) is 15.8 Å². The second-order valence-corrected chi connectivity index (χ2v) is 11.1. The van der Waals surface area contributed by atoms with Crippen molar-refractivity contribution >= 4 is 47.2 Å². The second-order valence-electron chi connectivity index (χ2n) is 10.3. The summed E-state index contributed by atoms with van der Waals surface area (Å²) >= 11 is 11.9. The number of carbonyl (C=O) groups is 2. The van der Waals surface area contributed by atoms with Gasteiger partial charge in [-0.05, 0) is 106 Å². The quantitative estimate of drug-likeness (QED) is 0.138. The lowest BCUT2D eigenvalue weighted by Crippen LogP contribution is -2.35. The van der Waals surface area contributed by atoms with Gasteiger partial charge < -0.3 is 15.5 Å². The van der Waals surface area contributed by atoms with Crippen molar-refractivity contribution in [3.63, 3.8) is 0 Å². The van der Waals surface area contributed by atoms with E-state index in [1.54, 1.807) is 24.3 Å². The molecule has 0 atom stereocenters. The minimum atomic E-state index is -4.58. The van der Waals surface area contributed by atoms with Gasteiger partial charge in [0.05, 0.1) is 15.6 Å². The van der Waals surface area contributed by atoms with Crippen LogP contribution in [-0.4, -0.2) is 49.4 Å². The third-order valence-corrected chi connectivity index (χ3v) is 7.86. The number of hydrogen-bond donors (Lipinski definition) is 2. The molecule has 5 nitrogen and oxygen atoms in total. The summed E-state index contributed by atoms with van der Waals surface area (Å²) < 4.78 is 52.3. The molecule has 11 heteroatoms. The van der Waals surface area contributed by atoms with Crippen LogP contribution in [0, 0.1) is 11.7 Å². The van der Waals surface area contributed by atoms with Gasteiger partial charge in [0.15, 0.2) is 0 Å². The molecule has 0 radical (unpaired) electrons. The number of unbranched alkanes of at least 4 members (excludes halogenated alkanes) is 2. The number of nitrogens with zero attached hydrogens (tertiary/aromatic N) is 1. The summed E-state index contributed by atoms with van der Waals surface area (Å²) in [6, 6.07) is 7.28. The van der Waals surface area contributed by atoms with E-state index in [9.17, 15) is 27.2 Å². The normalized spacial score (nSPS) is 15.0. The Bertz CT molecular complexity index is 1260. The molecule has 1 saturated heterocycles. The van der Waals surface area contributed by atoms with Crippen molar-refractivity contribution in [2.45, 2.75) is 44.7 Å². The molecule has 42 heavy (non-hydrogen) atoms. The smallest absolute Gasteiger partial charge is 0.353 e. The summed E-state index contributed by atoms with van der Waals surface area (Å²) in [7, 11) is 0. The van der Waals surface area contributed by atoms with Gasteiger partial charge in [0, 0.05) is 30.8 Å². The highest BCUT2D eigenvalue weighted by atomic mass is 35.5. The first kappa shape index (κ1) is 33.6. The Morgan fingerprint density at radius 3 is 2.26 bits per heavy atom. The average Bonchev–Trinajstić information content (AvgIpc) is 2.95. The van der Waals surface area contributed by atoms with Gasteiger partial charge >= 0.3 is 6.18 Å². The van der Waals surface area contributed by atoms with E-state index >= 15 is 0 Å². The van der Waals surface area contributed by atoms with Gasteiger partial charge in [-0.1, -0.05) is 35.7 Å². The van der Waals surface area contributed by atoms with Crippen molar-refractivity contribution in [1.82, 2.24) is 15.5 Å². The highest BCUT2D eigenvalue weighted by Crippen LogP contribution is 2.30. The van der Waals surface area contributed by atoms with E-state index in [1.165, 1.54) is 6.08 Å². The Morgan fingerprint density at radius 1 is 0.881 bits per heavy atom. The summed E-state index contributed by atoms with van der Waals surface area (Å²) in [5.41, 5.74) is -0.453. The molecule has 2 aromatic carbocycles. The fourth-order valence-corrected chi connectivity index (χ4v) is 4.97. The van der Waals surface area contributed by atoms with Crippen LogP contribution in [0.4, 0.5) is 17.6 Å². The summed E-state index contributed by atoms with van der Waals surface area (Å²) in [5, 5.41) is 6.53. The fourth-order valence-electron chi connectivity index (χ4n) is 4.67. The van der Waals surface area contributed by atoms with Crippen LogP contribution in [0.2, 0.25) is 10.0 Å². The highest BCUT2D eigenvalue weighted by Gasteiger charge is 2.30. The maximum absolute atomic E-state index is 13.8. The van der Waals surface area contributed by atoms with E-state index in [2.05, 4.69) is 15.5 Å². The molecule has 2 N–H and O–H groups in total. The predicted octanol–water partition coefficient (Wildman–Crippen LogP) is 7.38. The molecule has 0 unspecified atom stereocenters. The lowest BCUT2D eigenvalue weighted by atomic mass is 9.93. The van der Waals surface area contributed by atoms with Gasteiger partial charge in [0.25, 0.3) is 0 Å². The van der Waals surface area contributed by atoms with E-state index in [0.29, 0.717) is 41.2 Å². The van der Waals surface area contributed by atoms with Crippen LogP contribution in [0.25, 0.3) is 12.2 Å². The van der Waals surface area contributed by atoms with E-state index in [-0.39, 0.29) is 11.5 Å². The van der Waals surface area contributed by atoms with Crippen LogP contribution in [0.15, 0.2) is 48.6 Å². The van der Waals surface area contributed by atoms with E-state index in [0.717, 1.165) is 81.9 Å². The third kappa shape index (κ3) is 11.8. The molecule has 228 valence electrons. The number of likely N-dealkylation sites (tertiary alicyclic amines) is 1. The molecule has 0 aromatic heterocycles. The number of piperidine rings is 1. The van der Waals surface area contributed by atoms with Gasteiger partial charge in [0.2, 0.25) is 11.8 Å². The summed E-state index contributed by atoms with van der Waals surface area (Å²) in [5.74, 6) is -0.961. The fraction of sp³-hybridized carbons (Fsp3) is 0.419. The highest BCUT2D eigenvalue weighted by molar-refractivity contribution is 6.42. The Labute approximate surface area is 253 Å². The molecule has 0 bridgehead atoms. The molecule has 0 saturated carbocycles. The number of amides is 2. The van der Waals surface area contributed by atoms with E-state index in [1.807, 2.05) is 0 Å². The molecule has 0 aliphatic carbocycles. The van der Waals surface area contributed by atoms with Gasteiger partial charge in [0.1, 0.15) is 5.82 Å². The minimum Gasteiger partial charge on any atom is -0.353 e. The van der Waals surface area contributed by atoms with Crippen molar-refractivity contribution in [1.29, 1.82) is 0 Å². The predicted molar refractivity (Wildman–Crippen MR) is 160 cm³/mol. The average molecular weight is 629 g/mol. The zero-order valence-electron chi connectivity index (χ0n) is 23.2. The number of rotatable bonds is 13. The first-order valence-electron chi connectivity index (χ1n) is 14.0.